The van der Waals surface area contributed by atoms with Crippen LogP contribution in [0.15, 0.2) is 48.0 Å². The van der Waals surface area contributed by atoms with E-state index in [4.69, 9.17) is 21.1 Å². The van der Waals surface area contributed by atoms with Crippen molar-refractivity contribution in [3.05, 3.63) is 64.2 Å². The summed E-state index contributed by atoms with van der Waals surface area (Å²) in [6.07, 6.45) is 2.27. The molecular formula is C26H29ClN2O5. The number of halogens is 1. The van der Waals surface area contributed by atoms with Crippen molar-refractivity contribution < 1.29 is 24.2 Å². The monoisotopic (exact) mass is 484 g/mol. The molecule has 2 aliphatic rings. The van der Waals surface area contributed by atoms with Crippen LogP contribution in [0.3, 0.4) is 0 Å². The van der Waals surface area contributed by atoms with E-state index in [1.54, 1.807) is 48.4 Å². The van der Waals surface area contributed by atoms with E-state index >= 15 is 0 Å². The van der Waals surface area contributed by atoms with Gasteiger partial charge in [-0.15, -0.1) is 0 Å². The van der Waals surface area contributed by atoms with E-state index in [1.165, 1.54) is 0 Å². The van der Waals surface area contributed by atoms with Gasteiger partial charge in [0.25, 0.3) is 11.7 Å². The van der Waals surface area contributed by atoms with E-state index < -0.39 is 17.7 Å². The summed E-state index contributed by atoms with van der Waals surface area (Å²) in [5.41, 5.74) is 1.14. The summed E-state index contributed by atoms with van der Waals surface area (Å²) in [4.78, 5) is 30.2. The first-order valence-electron chi connectivity index (χ1n) is 11.5. The van der Waals surface area contributed by atoms with Crippen LogP contribution >= 0.6 is 11.6 Å². The maximum atomic E-state index is 13.2. The van der Waals surface area contributed by atoms with Crippen molar-refractivity contribution in [1.82, 2.24) is 9.80 Å². The Bertz CT molecular complexity index is 1090. The van der Waals surface area contributed by atoms with Gasteiger partial charge in [-0.05, 0) is 74.8 Å². The summed E-state index contributed by atoms with van der Waals surface area (Å²) in [6, 6.07) is 11.1. The van der Waals surface area contributed by atoms with Crippen LogP contribution in [-0.2, 0) is 9.59 Å². The quantitative estimate of drug-likeness (QED) is 0.342. The number of methoxy groups -OCH3 is 1. The van der Waals surface area contributed by atoms with Gasteiger partial charge in [-0.1, -0.05) is 17.7 Å². The van der Waals surface area contributed by atoms with Crippen LogP contribution in [0.4, 0.5) is 0 Å². The number of benzene rings is 2. The zero-order chi connectivity index (χ0) is 24.2. The normalized spacial score (nSPS) is 20.2. The number of aliphatic hydroxyl groups is 1. The molecule has 180 valence electrons. The molecule has 0 bridgehead atoms. The van der Waals surface area contributed by atoms with Gasteiger partial charge < -0.3 is 24.4 Å². The number of nitrogens with zero attached hydrogens (tertiary/aromatic N) is 2. The minimum atomic E-state index is -0.747. The van der Waals surface area contributed by atoms with Crippen molar-refractivity contribution in [2.75, 3.05) is 39.9 Å². The molecule has 0 aliphatic carbocycles. The third-order valence-corrected chi connectivity index (χ3v) is 6.57. The van der Waals surface area contributed by atoms with Gasteiger partial charge in [-0.2, -0.15) is 0 Å². The Morgan fingerprint density at radius 1 is 1.06 bits per heavy atom. The molecule has 0 radical (unpaired) electrons. The summed E-state index contributed by atoms with van der Waals surface area (Å²) >= 11 is 6.00. The fraction of sp³-hybridized carbons (Fsp3) is 0.385. The number of carbonyl (C=O) groups is 2. The Morgan fingerprint density at radius 2 is 1.76 bits per heavy atom. The number of Topliss-reactive ketones (excluding diaryl/α,β-unsaturated/α-hetero) is 1. The summed E-state index contributed by atoms with van der Waals surface area (Å²) in [5.74, 6) is -0.479. The summed E-state index contributed by atoms with van der Waals surface area (Å²) in [7, 11) is 1.54. The first-order valence-corrected chi connectivity index (χ1v) is 11.9. The fourth-order valence-electron chi connectivity index (χ4n) is 4.60. The Kier molecular flexibility index (Phi) is 7.44. The van der Waals surface area contributed by atoms with E-state index in [0.29, 0.717) is 47.3 Å². The zero-order valence-corrected chi connectivity index (χ0v) is 20.2. The highest BCUT2D eigenvalue weighted by Gasteiger charge is 2.46. The minimum absolute atomic E-state index is 0.0555. The van der Waals surface area contributed by atoms with E-state index in [2.05, 4.69) is 4.90 Å². The van der Waals surface area contributed by atoms with Crippen LogP contribution < -0.4 is 9.47 Å². The van der Waals surface area contributed by atoms with E-state index in [1.807, 2.05) is 13.0 Å². The topological polar surface area (TPSA) is 79.3 Å². The largest absolute Gasteiger partial charge is 0.507 e. The van der Waals surface area contributed by atoms with Crippen LogP contribution in [0.2, 0.25) is 5.02 Å². The Balaban J connectivity index is 1.79. The molecule has 2 fully saturated rings. The maximum absolute atomic E-state index is 13.2. The Morgan fingerprint density at radius 3 is 2.41 bits per heavy atom. The lowest BCUT2D eigenvalue weighted by Gasteiger charge is -2.28. The molecule has 2 aromatic carbocycles. The number of hydrogen-bond donors (Lipinski definition) is 1. The summed E-state index contributed by atoms with van der Waals surface area (Å²) < 4.78 is 11.1. The predicted octanol–water partition coefficient (Wildman–Crippen LogP) is 4.26. The van der Waals surface area contributed by atoms with Crippen molar-refractivity contribution >= 4 is 29.1 Å². The lowest BCUT2D eigenvalue weighted by atomic mass is 9.95. The fourth-order valence-corrected chi connectivity index (χ4v) is 4.73. The predicted molar refractivity (Wildman–Crippen MR) is 130 cm³/mol. The molecule has 4 rings (SSSR count). The van der Waals surface area contributed by atoms with Gasteiger partial charge in [0, 0.05) is 23.7 Å². The van der Waals surface area contributed by atoms with Crippen molar-refractivity contribution in [2.45, 2.75) is 25.8 Å². The molecule has 2 aromatic rings. The van der Waals surface area contributed by atoms with Crippen molar-refractivity contribution in [2.24, 2.45) is 0 Å². The van der Waals surface area contributed by atoms with E-state index in [0.717, 1.165) is 25.9 Å². The molecule has 1 amide bonds. The first-order chi connectivity index (χ1) is 16.4. The molecule has 7 nitrogen and oxygen atoms in total. The van der Waals surface area contributed by atoms with Gasteiger partial charge in [-0.25, -0.2) is 0 Å². The van der Waals surface area contributed by atoms with Crippen LogP contribution in [0.5, 0.6) is 11.5 Å². The lowest BCUT2D eigenvalue weighted by Crippen LogP contribution is -2.37. The van der Waals surface area contributed by atoms with Crippen molar-refractivity contribution in [1.29, 1.82) is 0 Å². The number of ketones is 1. The summed E-state index contributed by atoms with van der Waals surface area (Å²) in [6.45, 7) is 5.36. The number of carbonyl (C=O) groups excluding carboxylic acids is 2. The average Bonchev–Trinajstić information content (AvgIpc) is 3.45. The van der Waals surface area contributed by atoms with Gasteiger partial charge in [0.1, 0.15) is 5.76 Å². The molecule has 1 N–H and O–H groups in total. The Labute approximate surface area is 204 Å². The molecule has 2 aliphatic heterocycles. The Hall–Kier alpha value is -3.03. The molecule has 2 heterocycles. The highest BCUT2D eigenvalue weighted by Crippen LogP contribution is 2.42. The molecule has 1 atom stereocenters. The van der Waals surface area contributed by atoms with Crippen LogP contribution in [0.1, 0.15) is 36.9 Å². The van der Waals surface area contributed by atoms with Crippen LogP contribution in [0, 0.1) is 0 Å². The molecule has 0 saturated carbocycles. The van der Waals surface area contributed by atoms with Crippen LogP contribution in [0.25, 0.3) is 5.76 Å². The van der Waals surface area contributed by atoms with Gasteiger partial charge in [0.2, 0.25) is 0 Å². The molecule has 34 heavy (non-hydrogen) atoms. The van der Waals surface area contributed by atoms with Gasteiger partial charge in [0.15, 0.2) is 11.5 Å². The second-order valence-corrected chi connectivity index (χ2v) is 8.83. The van der Waals surface area contributed by atoms with Gasteiger partial charge >= 0.3 is 0 Å². The van der Waals surface area contributed by atoms with Crippen LogP contribution in [-0.4, -0.2) is 66.5 Å². The van der Waals surface area contributed by atoms with Gasteiger partial charge in [0.05, 0.1) is 25.3 Å². The first kappa shape index (κ1) is 24.1. The number of amides is 1. The number of rotatable bonds is 8. The lowest BCUT2D eigenvalue weighted by molar-refractivity contribution is -0.140. The highest BCUT2D eigenvalue weighted by molar-refractivity contribution is 6.46. The number of aliphatic hydroxyl groups excluding tert-OH is 1. The molecule has 0 aromatic heterocycles. The number of likely N-dealkylation sites (tertiary alicyclic amines) is 2. The van der Waals surface area contributed by atoms with Crippen molar-refractivity contribution in [3.63, 3.8) is 0 Å². The minimum Gasteiger partial charge on any atom is -0.507 e. The molecular weight excluding hydrogens is 456 g/mol. The average molecular weight is 485 g/mol. The number of hydrogen-bond acceptors (Lipinski definition) is 6. The van der Waals surface area contributed by atoms with E-state index in [-0.39, 0.29) is 11.3 Å². The summed E-state index contributed by atoms with van der Waals surface area (Å²) in [5, 5.41) is 11.7. The molecule has 1 unspecified atom stereocenters. The van der Waals surface area contributed by atoms with Crippen molar-refractivity contribution in [3.8, 4) is 11.5 Å². The SMILES string of the molecule is CCOc1ccc(C2/C(=C(\O)c3ccc(Cl)cc3)C(=O)C(=O)N2CCN2CCCC2)cc1OC. The number of ether oxygens (including phenoxy) is 2. The highest BCUT2D eigenvalue weighted by atomic mass is 35.5. The van der Waals surface area contributed by atoms with Gasteiger partial charge in [-0.3, -0.25) is 9.59 Å². The third kappa shape index (κ3) is 4.76. The molecule has 8 heteroatoms. The molecule has 2 saturated heterocycles. The standard InChI is InChI=1S/C26H29ClN2O5/c1-3-34-20-11-8-18(16-21(20)33-2)23-22(24(30)17-6-9-19(27)10-7-17)25(31)26(32)29(23)15-14-28-12-4-5-13-28/h6-11,16,23,30H,3-5,12-15H2,1-2H3/b24-22+. The smallest absolute Gasteiger partial charge is 0.295 e. The third-order valence-electron chi connectivity index (χ3n) is 6.32. The zero-order valence-electron chi connectivity index (χ0n) is 19.4. The second kappa shape index (κ2) is 10.5. The maximum Gasteiger partial charge on any atom is 0.295 e. The second-order valence-electron chi connectivity index (χ2n) is 8.39. The van der Waals surface area contributed by atoms with E-state index in [9.17, 15) is 14.7 Å². The molecule has 0 spiro atoms.